The monoisotopic (exact) mass is 330 g/mol. The third-order valence-electron chi connectivity index (χ3n) is 3.03. The summed E-state index contributed by atoms with van der Waals surface area (Å²) in [4.78, 5) is 0. The molecular weight excluding hydrogens is 315 g/mol. The van der Waals surface area contributed by atoms with Crippen molar-refractivity contribution in [2.45, 2.75) is 19.4 Å². The Morgan fingerprint density at radius 3 is 1.95 bits per heavy atom. The van der Waals surface area contributed by atoms with Gasteiger partial charge in [-0.1, -0.05) is 47.2 Å². The van der Waals surface area contributed by atoms with Gasteiger partial charge in [0.05, 0.1) is 5.60 Å². The normalized spacial score (nSPS) is 11.8. The van der Waals surface area contributed by atoms with Gasteiger partial charge in [0.2, 0.25) is 0 Å². The molecule has 0 atom stereocenters. The zero-order chi connectivity index (χ0) is 16.2. The lowest BCUT2D eigenvalue weighted by Crippen LogP contribution is -2.20. The van der Waals surface area contributed by atoms with Crippen LogP contribution in [0.2, 0.25) is 10.0 Å². The van der Waals surface area contributed by atoms with Gasteiger partial charge >= 0.3 is 0 Å². The summed E-state index contributed by atoms with van der Waals surface area (Å²) in [5.41, 5.74) is 1.38. The summed E-state index contributed by atoms with van der Waals surface area (Å²) in [5.74, 6) is 6.09. The third kappa shape index (κ3) is 4.93. The zero-order valence-electron chi connectivity index (χ0n) is 12.4. The first-order valence-corrected chi connectivity index (χ1v) is 7.58. The maximum absolute atomic E-state index is 10.3. The molecule has 0 heterocycles. The first-order chi connectivity index (χ1) is 10.3. The zero-order valence-corrected chi connectivity index (χ0v) is 13.9. The van der Waals surface area contributed by atoms with Crippen molar-refractivity contribution in [3.63, 3.8) is 0 Å². The molecule has 1 N–H and O–H groups in total. The van der Waals surface area contributed by atoms with E-state index < -0.39 is 5.60 Å². The predicted octanol–water partition coefficient (Wildman–Crippen LogP) is 5.20. The Kier molecular flexibility index (Phi) is 5.32. The van der Waals surface area contributed by atoms with E-state index in [9.17, 15) is 5.11 Å². The van der Waals surface area contributed by atoms with Crippen molar-refractivity contribution in [2.75, 3.05) is 0 Å². The van der Waals surface area contributed by atoms with Crippen molar-refractivity contribution in [3.05, 3.63) is 75.3 Å². The summed E-state index contributed by atoms with van der Waals surface area (Å²) >= 11 is 11.7. The molecule has 0 bridgehead atoms. The highest BCUT2D eigenvalue weighted by Gasteiger charge is 2.17. The Hall–Kier alpha value is -1.72. The Bertz CT molecular complexity index is 724. The molecule has 0 saturated heterocycles. The minimum atomic E-state index is -1.03. The molecule has 0 aliphatic heterocycles. The molecule has 2 rings (SSSR count). The first kappa shape index (κ1) is 16.6. The first-order valence-electron chi connectivity index (χ1n) is 6.82. The number of rotatable bonds is 2. The summed E-state index contributed by atoms with van der Waals surface area (Å²) in [6, 6.07) is 14.7. The van der Waals surface area contributed by atoms with Crippen LogP contribution in [0, 0.1) is 11.8 Å². The lowest BCUT2D eigenvalue weighted by atomic mass is 9.96. The van der Waals surface area contributed by atoms with Gasteiger partial charge in [0.25, 0.3) is 0 Å². The molecule has 22 heavy (non-hydrogen) atoms. The predicted molar refractivity (Wildman–Crippen MR) is 94.1 cm³/mol. The Morgan fingerprint density at radius 1 is 0.955 bits per heavy atom. The van der Waals surface area contributed by atoms with Gasteiger partial charge in [-0.15, -0.1) is 0 Å². The summed E-state index contributed by atoms with van der Waals surface area (Å²) in [6.45, 7) is 3.43. The molecule has 0 radical (unpaired) electrons. The van der Waals surface area contributed by atoms with E-state index in [-0.39, 0.29) is 0 Å². The van der Waals surface area contributed by atoms with Crippen LogP contribution in [0.5, 0.6) is 0 Å². The summed E-state index contributed by atoms with van der Waals surface area (Å²) < 4.78 is 0. The van der Waals surface area contributed by atoms with Gasteiger partial charge in [0.1, 0.15) is 0 Å². The Labute approximate surface area is 141 Å². The maximum atomic E-state index is 10.3. The molecule has 1 nitrogen and oxygen atoms in total. The van der Waals surface area contributed by atoms with Crippen LogP contribution in [-0.4, -0.2) is 10.7 Å². The molecule has 0 fully saturated rings. The fourth-order valence-electron chi connectivity index (χ4n) is 1.76. The smallest absolute Gasteiger partial charge is 0.0918 e. The van der Waals surface area contributed by atoms with Crippen molar-refractivity contribution in [3.8, 4) is 11.8 Å². The van der Waals surface area contributed by atoms with Crippen LogP contribution in [0.1, 0.15) is 25.0 Å². The van der Waals surface area contributed by atoms with Crippen LogP contribution < -0.4 is 0 Å². The lowest BCUT2D eigenvalue weighted by molar-refractivity contribution is 0.126. The molecule has 0 saturated carbocycles. The topological polar surface area (TPSA) is 20.2 Å². The van der Waals surface area contributed by atoms with Gasteiger partial charge < -0.3 is 5.11 Å². The molecule has 2 aromatic rings. The summed E-state index contributed by atoms with van der Waals surface area (Å²) in [6.07, 6.45) is 1.86. The average molecular weight is 331 g/mol. The van der Waals surface area contributed by atoms with E-state index >= 15 is 0 Å². The van der Waals surface area contributed by atoms with E-state index in [0.717, 1.165) is 11.1 Å². The highest BCUT2D eigenvalue weighted by Crippen LogP contribution is 2.20. The van der Waals surface area contributed by atoms with E-state index in [0.29, 0.717) is 15.6 Å². The van der Waals surface area contributed by atoms with Crippen LogP contribution in [0.4, 0.5) is 0 Å². The molecule has 2 aromatic carbocycles. The molecule has 3 heteroatoms. The molecule has 0 aliphatic carbocycles. The second-order valence-corrected chi connectivity index (χ2v) is 6.30. The fraction of sp³-hybridized carbons (Fsp3) is 0.158. The van der Waals surface area contributed by atoms with E-state index in [1.165, 1.54) is 0 Å². The van der Waals surface area contributed by atoms with Crippen molar-refractivity contribution in [1.82, 2.24) is 0 Å². The Balaban J connectivity index is 2.36. The van der Waals surface area contributed by atoms with Gasteiger partial charge in [-0.3, -0.25) is 0 Å². The van der Waals surface area contributed by atoms with Crippen LogP contribution in [0.3, 0.4) is 0 Å². The standard InChI is InChI=1S/C19H16Cl2O/c1-19(2,22)16(13-15-6-11-18(21)12-7-15)8-3-14-4-9-17(20)10-5-14/h4-7,9-13,22H,1-2H3/b16-13+. The maximum Gasteiger partial charge on any atom is 0.0918 e. The molecule has 0 unspecified atom stereocenters. The number of halogens is 2. The van der Waals surface area contributed by atoms with Crippen LogP contribution in [0.15, 0.2) is 54.1 Å². The van der Waals surface area contributed by atoms with Crippen molar-refractivity contribution < 1.29 is 5.11 Å². The highest BCUT2D eigenvalue weighted by molar-refractivity contribution is 6.30. The van der Waals surface area contributed by atoms with Crippen LogP contribution >= 0.6 is 23.2 Å². The number of hydrogen-bond acceptors (Lipinski definition) is 1. The quantitative estimate of drug-likeness (QED) is 0.750. The number of benzene rings is 2. The molecule has 0 amide bonds. The van der Waals surface area contributed by atoms with Crippen molar-refractivity contribution in [1.29, 1.82) is 0 Å². The Morgan fingerprint density at radius 2 is 1.45 bits per heavy atom. The van der Waals surface area contributed by atoms with Crippen LogP contribution in [-0.2, 0) is 0 Å². The van der Waals surface area contributed by atoms with Crippen LogP contribution in [0.25, 0.3) is 6.08 Å². The minimum absolute atomic E-state index is 0.629. The van der Waals surface area contributed by atoms with Crippen molar-refractivity contribution >= 4 is 29.3 Å². The summed E-state index contributed by atoms with van der Waals surface area (Å²) in [7, 11) is 0. The van der Waals surface area contributed by atoms with Gasteiger partial charge in [0, 0.05) is 21.2 Å². The van der Waals surface area contributed by atoms with Crippen molar-refractivity contribution in [2.24, 2.45) is 0 Å². The second-order valence-electron chi connectivity index (χ2n) is 5.43. The van der Waals surface area contributed by atoms with E-state index in [4.69, 9.17) is 23.2 Å². The van der Waals surface area contributed by atoms with Gasteiger partial charge in [-0.2, -0.15) is 0 Å². The molecule has 0 spiro atoms. The second kappa shape index (κ2) is 7.03. The van der Waals surface area contributed by atoms with E-state index in [1.54, 1.807) is 26.0 Å². The molecule has 0 aromatic heterocycles. The summed E-state index contributed by atoms with van der Waals surface area (Å²) in [5, 5.41) is 11.6. The van der Waals surface area contributed by atoms with Gasteiger partial charge in [-0.25, -0.2) is 0 Å². The largest absolute Gasteiger partial charge is 0.385 e. The number of hydrogen-bond donors (Lipinski definition) is 1. The minimum Gasteiger partial charge on any atom is -0.385 e. The SMILES string of the molecule is CC(C)(O)/C(C#Cc1ccc(Cl)cc1)=C/c1ccc(Cl)cc1. The van der Waals surface area contributed by atoms with E-state index in [2.05, 4.69) is 11.8 Å². The molecular formula is C19H16Cl2O. The average Bonchev–Trinajstić information content (AvgIpc) is 2.46. The van der Waals surface area contributed by atoms with E-state index in [1.807, 2.05) is 42.5 Å². The number of aliphatic hydroxyl groups is 1. The molecule has 112 valence electrons. The molecule has 0 aliphatic rings. The lowest BCUT2D eigenvalue weighted by Gasteiger charge is -2.17. The van der Waals surface area contributed by atoms with Gasteiger partial charge in [-0.05, 0) is 61.9 Å². The third-order valence-corrected chi connectivity index (χ3v) is 3.53. The van der Waals surface area contributed by atoms with Gasteiger partial charge in [0.15, 0.2) is 0 Å². The highest BCUT2D eigenvalue weighted by atomic mass is 35.5. The fourth-order valence-corrected chi connectivity index (χ4v) is 2.02.